The lowest BCUT2D eigenvalue weighted by Crippen LogP contribution is -2.41. The van der Waals surface area contributed by atoms with Crippen molar-refractivity contribution in [3.05, 3.63) is 54.1 Å². The van der Waals surface area contributed by atoms with E-state index < -0.39 is 5.54 Å². The first-order chi connectivity index (χ1) is 12.5. The van der Waals surface area contributed by atoms with Gasteiger partial charge in [-0.3, -0.25) is 4.79 Å². The fourth-order valence-corrected chi connectivity index (χ4v) is 2.80. The molecule has 0 spiro atoms. The summed E-state index contributed by atoms with van der Waals surface area (Å²) in [6, 6.07) is 9.44. The van der Waals surface area contributed by atoms with Crippen molar-refractivity contribution < 1.29 is 4.79 Å². The van der Waals surface area contributed by atoms with Crippen molar-refractivity contribution in [2.24, 2.45) is 0 Å². The van der Waals surface area contributed by atoms with Crippen LogP contribution in [0, 0.1) is 0 Å². The summed E-state index contributed by atoms with van der Waals surface area (Å²) in [5, 5.41) is 17.7. The van der Waals surface area contributed by atoms with E-state index in [1.54, 1.807) is 12.3 Å². The first-order valence-electron chi connectivity index (χ1n) is 7.99. The number of aromatic nitrogens is 7. The molecule has 0 radical (unpaired) electrons. The number of carbonyl (C=O) groups excluding carboxylic acids is 1. The molecule has 3 heterocycles. The maximum atomic E-state index is 12.8. The Balaban J connectivity index is 1.64. The maximum absolute atomic E-state index is 12.8. The number of tetrazole rings is 1. The van der Waals surface area contributed by atoms with Crippen molar-refractivity contribution in [1.82, 2.24) is 40.9 Å². The van der Waals surface area contributed by atoms with Gasteiger partial charge < -0.3 is 10.3 Å². The Bertz CT molecular complexity index is 1070. The summed E-state index contributed by atoms with van der Waals surface area (Å²) in [6.07, 6.45) is 3.10. The molecule has 0 atom stereocenters. The molecule has 0 saturated heterocycles. The summed E-state index contributed by atoms with van der Waals surface area (Å²) in [7, 11) is 0. The van der Waals surface area contributed by atoms with Gasteiger partial charge in [0.05, 0.1) is 10.9 Å². The predicted molar refractivity (Wildman–Crippen MR) is 94.0 cm³/mol. The number of amides is 1. The van der Waals surface area contributed by atoms with Crippen LogP contribution in [0.15, 0.2) is 42.9 Å². The molecule has 1 amide bonds. The molecule has 0 aliphatic heterocycles. The van der Waals surface area contributed by atoms with E-state index in [1.165, 1.54) is 6.33 Å². The molecule has 0 fully saturated rings. The van der Waals surface area contributed by atoms with Crippen LogP contribution in [0.1, 0.15) is 29.9 Å². The van der Waals surface area contributed by atoms with E-state index in [9.17, 15) is 4.79 Å². The lowest BCUT2D eigenvalue weighted by atomic mass is 9.92. The molecule has 0 aliphatic rings. The highest BCUT2D eigenvalue weighted by Gasteiger charge is 2.26. The molecule has 3 N–H and O–H groups in total. The fraction of sp³-hybridized carbons (Fsp3) is 0.176. The van der Waals surface area contributed by atoms with Crippen LogP contribution in [0.4, 0.5) is 0 Å². The lowest BCUT2D eigenvalue weighted by molar-refractivity contribution is 0.0908. The van der Waals surface area contributed by atoms with E-state index in [2.05, 4.69) is 40.9 Å². The zero-order valence-electron chi connectivity index (χ0n) is 14.2. The average Bonchev–Trinajstić information content (AvgIpc) is 3.32. The van der Waals surface area contributed by atoms with Gasteiger partial charge in [-0.25, -0.2) is 9.97 Å². The number of H-pyrrole nitrogens is 2. The smallest absolute Gasteiger partial charge is 0.271 e. The average molecular weight is 348 g/mol. The van der Waals surface area contributed by atoms with Crippen LogP contribution in [-0.4, -0.2) is 41.5 Å². The van der Waals surface area contributed by atoms with Gasteiger partial charge in [0.2, 0.25) is 5.82 Å². The number of hydrogen-bond donors (Lipinski definition) is 3. The second-order valence-electron chi connectivity index (χ2n) is 6.36. The van der Waals surface area contributed by atoms with E-state index in [0.717, 1.165) is 11.1 Å². The molecule has 0 saturated carbocycles. The van der Waals surface area contributed by atoms with Gasteiger partial charge in [-0.15, -0.1) is 10.2 Å². The molecular weight excluding hydrogens is 332 g/mol. The Hall–Kier alpha value is -3.62. The largest absolute Gasteiger partial charge is 0.346 e. The van der Waals surface area contributed by atoms with Crippen molar-refractivity contribution in [3.8, 4) is 11.4 Å². The van der Waals surface area contributed by atoms with Crippen LogP contribution in [0.5, 0.6) is 0 Å². The van der Waals surface area contributed by atoms with E-state index in [-0.39, 0.29) is 5.91 Å². The van der Waals surface area contributed by atoms with E-state index in [1.807, 2.05) is 38.1 Å². The molecule has 1 aromatic carbocycles. The zero-order chi connectivity index (χ0) is 18.1. The standard InChI is InChI=1S/C17H16N8O/c1-17(2,11-5-3-4-10(8-11)14-22-24-25-23-14)21-16(26)13-12-6-7-18-15(12)20-9-19-13/h3-9H,1-2H3,(H,21,26)(H,18,19,20)(H,22,23,24,25). The predicted octanol–water partition coefficient (Wildman–Crippen LogP) is 1.80. The van der Waals surface area contributed by atoms with Gasteiger partial charge in [0, 0.05) is 11.8 Å². The van der Waals surface area contributed by atoms with Gasteiger partial charge in [-0.05, 0) is 36.8 Å². The van der Waals surface area contributed by atoms with Crippen molar-refractivity contribution in [2.75, 3.05) is 0 Å². The summed E-state index contributed by atoms with van der Waals surface area (Å²) >= 11 is 0. The van der Waals surface area contributed by atoms with Crippen LogP contribution in [-0.2, 0) is 5.54 Å². The van der Waals surface area contributed by atoms with E-state index in [4.69, 9.17) is 0 Å². The number of rotatable bonds is 4. The second-order valence-corrected chi connectivity index (χ2v) is 6.36. The van der Waals surface area contributed by atoms with Crippen LogP contribution < -0.4 is 5.32 Å². The molecule has 26 heavy (non-hydrogen) atoms. The zero-order valence-corrected chi connectivity index (χ0v) is 14.2. The monoisotopic (exact) mass is 348 g/mol. The Labute approximate surface area is 148 Å². The number of aromatic amines is 2. The SMILES string of the molecule is CC(C)(NC(=O)c1ncnc2[nH]ccc12)c1cccc(-c2nn[nH]n2)c1. The molecule has 0 bridgehead atoms. The molecule has 9 nitrogen and oxygen atoms in total. The Kier molecular flexibility index (Phi) is 3.68. The van der Waals surface area contributed by atoms with E-state index in [0.29, 0.717) is 22.6 Å². The number of hydrogen-bond acceptors (Lipinski definition) is 6. The first kappa shape index (κ1) is 15.9. The number of fused-ring (bicyclic) bond motifs is 1. The van der Waals surface area contributed by atoms with Crippen molar-refractivity contribution >= 4 is 16.9 Å². The topological polar surface area (TPSA) is 125 Å². The van der Waals surface area contributed by atoms with Crippen LogP contribution in [0.25, 0.3) is 22.4 Å². The summed E-state index contributed by atoms with van der Waals surface area (Å²) in [5.74, 6) is 0.228. The van der Waals surface area contributed by atoms with Crippen molar-refractivity contribution in [1.29, 1.82) is 0 Å². The second kappa shape index (κ2) is 6.03. The molecule has 9 heteroatoms. The molecule has 4 rings (SSSR count). The highest BCUT2D eigenvalue weighted by atomic mass is 16.2. The fourth-order valence-electron chi connectivity index (χ4n) is 2.80. The molecule has 0 unspecified atom stereocenters. The van der Waals surface area contributed by atoms with Gasteiger partial charge in [-0.1, -0.05) is 18.2 Å². The minimum absolute atomic E-state index is 0.271. The minimum Gasteiger partial charge on any atom is -0.346 e. The van der Waals surface area contributed by atoms with E-state index >= 15 is 0 Å². The summed E-state index contributed by atoms with van der Waals surface area (Å²) in [5.41, 5.74) is 2.05. The third kappa shape index (κ3) is 2.79. The quantitative estimate of drug-likeness (QED) is 0.516. The van der Waals surface area contributed by atoms with Crippen molar-refractivity contribution in [3.63, 3.8) is 0 Å². The highest BCUT2D eigenvalue weighted by Crippen LogP contribution is 2.25. The summed E-state index contributed by atoms with van der Waals surface area (Å²) in [4.78, 5) is 24.0. The van der Waals surface area contributed by atoms with Crippen LogP contribution in [0.2, 0.25) is 0 Å². The summed E-state index contributed by atoms with van der Waals surface area (Å²) in [6.45, 7) is 3.85. The first-order valence-corrected chi connectivity index (χ1v) is 7.99. The third-order valence-corrected chi connectivity index (χ3v) is 4.18. The molecule has 4 aromatic rings. The highest BCUT2D eigenvalue weighted by molar-refractivity contribution is 6.03. The Morgan fingerprint density at radius 1 is 1.19 bits per heavy atom. The number of nitrogens with zero attached hydrogens (tertiary/aromatic N) is 5. The van der Waals surface area contributed by atoms with Crippen molar-refractivity contribution in [2.45, 2.75) is 19.4 Å². The minimum atomic E-state index is -0.635. The number of carbonyl (C=O) groups is 1. The lowest BCUT2D eigenvalue weighted by Gasteiger charge is -2.27. The van der Waals surface area contributed by atoms with Gasteiger partial charge in [0.1, 0.15) is 17.7 Å². The maximum Gasteiger partial charge on any atom is 0.271 e. The molecular formula is C17H16N8O. The van der Waals surface area contributed by atoms with Gasteiger partial charge in [-0.2, -0.15) is 5.21 Å². The Morgan fingerprint density at radius 3 is 2.88 bits per heavy atom. The molecule has 0 aliphatic carbocycles. The number of benzene rings is 1. The molecule has 3 aromatic heterocycles. The third-order valence-electron chi connectivity index (χ3n) is 4.18. The van der Waals surface area contributed by atoms with Gasteiger partial charge in [0.25, 0.3) is 5.91 Å². The number of nitrogens with one attached hydrogen (secondary N) is 3. The van der Waals surface area contributed by atoms with Crippen LogP contribution >= 0.6 is 0 Å². The van der Waals surface area contributed by atoms with Crippen LogP contribution in [0.3, 0.4) is 0 Å². The van der Waals surface area contributed by atoms with Gasteiger partial charge in [0.15, 0.2) is 0 Å². The normalized spacial score (nSPS) is 11.6. The Morgan fingerprint density at radius 2 is 2.08 bits per heavy atom. The van der Waals surface area contributed by atoms with Gasteiger partial charge >= 0.3 is 0 Å². The summed E-state index contributed by atoms with van der Waals surface area (Å²) < 4.78 is 0. The molecule has 130 valence electrons.